The van der Waals surface area contributed by atoms with Crippen LogP contribution in [0.3, 0.4) is 0 Å². The number of carbonyl (C=O) groups is 2. The van der Waals surface area contributed by atoms with Crippen LogP contribution < -0.4 is 14.4 Å². The molecule has 3 heterocycles. The molecular formula is C42H57ClN4O6S. The number of sulfonamides is 1. The lowest BCUT2D eigenvalue weighted by Crippen LogP contribution is -2.60. The van der Waals surface area contributed by atoms with Crippen LogP contribution in [-0.2, 0) is 31.4 Å². The minimum Gasteiger partial charge on any atom is -0.490 e. The molecule has 2 amide bonds. The zero-order valence-electron chi connectivity index (χ0n) is 32.7. The van der Waals surface area contributed by atoms with E-state index in [9.17, 15) is 18.0 Å². The van der Waals surface area contributed by atoms with E-state index in [-0.39, 0.29) is 46.6 Å². The van der Waals surface area contributed by atoms with E-state index in [0.717, 1.165) is 55.9 Å². The van der Waals surface area contributed by atoms with Crippen molar-refractivity contribution in [3.8, 4) is 5.75 Å². The van der Waals surface area contributed by atoms with Gasteiger partial charge in [0, 0.05) is 61.9 Å². The molecule has 3 aliphatic heterocycles. The number of nitrogens with zero attached hydrogens (tertiary/aromatic N) is 3. The van der Waals surface area contributed by atoms with Crippen molar-refractivity contribution in [2.75, 3.05) is 58.4 Å². The van der Waals surface area contributed by atoms with Crippen LogP contribution in [0.2, 0.25) is 5.02 Å². The molecule has 1 saturated carbocycles. The highest BCUT2D eigenvalue weighted by molar-refractivity contribution is 7.90. The summed E-state index contributed by atoms with van der Waals surface area (Å²) in [6, 6.07) is 11.5. The van der Waals surface area contributed by atoms with Crippen molar-refractivity contribution in [1.29, 1.82) is 0 Å². The summed E-state index contributed by atoms with van der Waals surface area (Å²) in [6.07, 6.45) is 9.40. The van der Waals surface area contributed by atoms with Crippen LogP contribution in [0.5, 0.6) is 5.75 Å². The van der Waals surface area contributed by atoms with Gasteiger partial charge in [-0.05, 0) is 118 Å². The van der Waals surface area contributed by atoms with Gasteiger partial charge in [0.1, 0.15) is 5.75 Å². The van der Waals surface area contributed by atoms with Crippen LogP contribution in [0.15, 0.2) is 48.6 Å². The van der Waals surface area contributed by atoms with Crippen LogP contribution in [0.4, 0.5) is 5.69 Å². The summed E-state index contributed by atoms with van der Waals surface area (Å²) >= 11 is 6.51. The van der Waals surface area contributed by atoms with E-state index in [0.29, 0.717) is 38.4 Å². The molecule has 0 aromatic heterocycles. The van der Waals surface area contributed by atoms with E-state index >= 15 is 0 Å². The van der Waals surface area contributed by atoms with Crippen molar-refractivity contribution in [2.45, 2.75) is 94.9 Å². The summed E-state index contributed by atoms with van der Waals surface area (Å²) in [4.78, 5) is 34.7. The summed E-state index contributed by atoms with van der Waals surface area (Å²) in [5.41, 5.74) is 1.99. The zero-order chi connectivity index (χ0) is 38.6. The second-order valence-electron chi connectivity index (χ2n) is 17.3. The normalized spacial score (nSPS) is 34.8. The number of methoxy groups -OCH3 is 1. The standard InChI is InChI=1S/C42H57ClN4O6S/c1-28-9-7-17-42(52-6,23-38(48)47-20-19-45(5)24-29(47)2)37-15-18-40(37,4)25-46-26-41(16-8-10-31-21-33(43)12-13-34(31)41)27-53-36-14-11-32(22-35(36)46)39(49)44-54(50,51)30(28)3/h7,11-14,17,21-22,28-30,37H,8-10,15-16,18-20,23-27H2,1-6H3,(H,44,49)/b17-7+/t28-,29-,30+,37+,40?,41-,42+/m0/s1. The predicted molar refractivity (Wildman–Crippen MR) is 213 cm³/mol. The van der Waals surface area contributed by atoms with Gasteiger partial charge in [-0.1, -0.05) is 43.7 Å². The van der Waals surface area contributed by atoms with Gasteiger partial charge in [-0.2, -0.15) is 0 Å². The summed E-state index contributed by atoms with van der Waals surface area (Å²) in [5.74, 6) is -0.233. The summed E-state index contributed by atoms with van der Waals surface area (Å²) in [7, 11) is -0.211. The van der Waals surface area contributed by atoms with Gasteiger partial charge in [0.25, 0.3) is 5.91 Å². The van der Waals surface area contributed by atoms with E-state index in [4.69, 9.17) is 21.1 Å². The Labute approximate surface area is 326 Å². The molecule has 5 aliphatic rings. The molecule has 2 aromatic carbocycles. The Hall–Kier alpha value is -3.12. The monoisotopic (exact) mass is 780 g/mol. The number of amides is 2. The van der Waals surface area contributed by atoms with E-state index < -0.39 is 26.8 Å². The van der Waals surface area contributed by atoms with E-state index in [1.54, 1.807) is 26.2 Å². The lowest BCUT2D eigenvalue weighted by molar-refractivity contribution is -0.153. The first-order valence-electron chi connectivity index (χ1n) is 19.7. The fraction of sp³-hybridized carbons (Fsp3) is 0.619. The second-order valence-corrected chi connectivity index (χ2v) is 19.8. The lowest BCUT2D eigenvalue weighted by Gasteiger charge is -2.57. The second kappa shape index (κ2) is 14.8. The van der Waals surface area contributed by atoms with Crippen molar-refractivity contribution < 1.29 is 27.5 Å². The van der Waals surface area contributed by atoms with Gasteiger partial charge < -0.3 is 24.2 Å². The fourth-order valence-corrected chi connectivity index (χ4v) is 11.6. The first kappa shape index (κ1) is 39.1. The van der Waals surface area contributed by atoms with Gasteiger partial charge in [0.15, 0.2) is 0 Å². The summed E-state index contributed by atoms with van der Waals surface area (Å²) in [6.45, 7) is 12.0. The number of ether oxygens (including phenoxy) is 2. The number of allylic oxidation sites excluding steroid dienone is 1. The number of nitrogens with one attached hydrogen (secondary N) is 1. The maximum absolute atomic E-state index is 14.3. The Morgan fingerprint density at radius 1 is 1.09 bits per heavy atom. The number of benzene rings is 2. The highest BCUT2D eigenvalue weighted by atomic mass is 35.5. The van der Waals surface area contributed by atoms with Crippen LogP contribution >= 0.6 is 11.6 Å². The molecule has 1 saturated heterocycles. The molecule has 2 bridgehead atoms. The third kappa shape index (κ3) is 7.19. The molecule has 2 aromatic rings. The highest BCUT2D eigenvalue weighted by Crippen LogP contribution is 2.56. The average molecular weight is 781 g/mol. The first-order valence-corrected chi connectivity index (χ1v) is 21.6. The molecule has 7 atom stereocenters. The number of hydrogen-bond acceptors (Lipinski definition) is 8. The quantitative estimate of drug-likeness (QED) is 0.367. The Kier molecular flexibility index (Phi) is 10.7. The molecule has 10 nitrogen and oxygen atoms in total. The smallest absolute Gasteiger partial charge is 0.264 e. The molecular weight excluding hydrogens is 724 g/mol. The van der Waals surface area contributed by atoms with Crippen molar-refractivity contribution in [2.24, 2.45) is 17.3 Å². The molecule has 12 heteroatoms. The van der Waals surface area contributed by atoms with Gasteiger partial charge in [-0.3, -0.25) is 9.59 Å². The predicted octanol–water partition coefficient (Wildman–Crippen LogP) is 6.21. The number of piperazine rings is 1. The van der Waals surface area contributed by atoms with Crippen molar-refractivity contribution >= 4 is 39.1 Å². The minimum atomic E-state index is -4.02. The molecule has 1 N–H and O–H groups in total. The van der Waals surface area contributed by atoms with Gasteiger partial charge in [0.05, 0.1) is 29.6 Å². The average Bonchev–Trinajstić information content (AvgIpc) is 3.26. The minimum absolute atomic E-state index is 0.00478. The fourth-order valence-electron chi connectivity index (χ4n) is 10.2. The number of likely N-dealkylation sites (N-methyl/N-ethyl adjacent to an activating group) is 1. The number of hydrogen-bond donors (Lipinski definition) is 1. The van der Waals surface area contributed by atoms with Gasteiger partial charge in [-0.15, -0.1) is 0 Å². The van der Waals surface area contributed by atoms with Crippen LogP contribution in [0.1, 0.15) is 87.7 Å². The Bertz CT molecular complexity index is 1920. The highest BCUT2D eigenvalue weighted by Gasteiger charge is 2.56. The largest absolute Gasteiger partial charge is 0.490 e. The number of aryl methyl sites for hydroxylation is 1. The van der Waals surface area contributed by atoms with Gasteiger partial charge in [0.2, 0.25) is 15.9 Å². The molecule has 1 unspecified atom stereocenters. The molecule has 1 spiro atoms. The van der Waals surface area contributed by atoms with E-state index in [1.165, 1.54) is 11.1 Å². The third-order valence-electron chi connectivity index (χ3n) is 13.7. The van der Waals surface area contributed by atoms with Gasteiger partial charge >= 0.3 is 0 Å². The number of fused-ring (bicyclic) bond motifs is 4. The van der Waals surface area contributed by atoms with Gasteiger partial charge in [-0.25, -0.2) is 13.1 Å². The maximum atomic E-state index is 14.3. The Balaban J connectivity index is 1.33. The summed E-state index contributed by atoms with van der Waals surface area (Å²) < 4.78 is 42.9. The Morgan fingerprint density at radius 3 is 2.61 bits per heavy atom. The van der Waals surface area contributed by atoms with Crippen molar-refractivity contribution in [3.05, 3.63) is 70.3 Å². The maximum Gasteiger partial charge on any atom is 0.264 e. The number of carbonyl (C=O) groups excluding carboxylic acids is 2. The number of anilines is 1. The lowest BCUT2D eigenvalue weighted by atomic mass is 9.53. The SMILES string of the molecule is CO[C@@]1(CC(=O)N2CCN(C)C[C@@H]2C)/C=C/C[C@H](C)[C@@H](C)S(=O)(=O)NC(=O)c2ccc3c(c2)N(CC2(C)CC[C@H]21)C[C@@]1(CCCc2cc(Cl)ccc21)CO3. The van der Waals surface area contributed by atoms with E-state index in [2.05, 4.69) is 53.6 Å². The molecule has 54 heavy (non-hydrogen) atoms. The molecule has 0 radical (unpaired) electrons. The number of rotatable bonds is 3. The third-order valence-corrected chi connectivity index (χ3v) is 15.8. The zero-order valence-corrected chi connectivity index (χ0v) is 34.3. The topological polar surface area (TPSA) is 108 Å². The molecule has 294 valence electrons. The van der Waals surface area contributed by atoms with Crippen molar-refractivity contribution in [1.82, 2.24) is 14.5 Å². The first-order chi connectivity index (χ1) is 25.6. The molecule has 2 fully saturated rings. The molecule has 7 rings (SSSR count). The van der Waals surface area contributed by atoms with E-state index in [1.807, 2.05) is 30.0 Å². The van der Waals surface area contributed by atoms with Crippen molar-refractivity contribution in [3.63, 3.8) is 0 Å². The van der Waals surface area contributed by atoms with Crippen LogP contribution in [-0.4, -0.2) is 100 Å². The van der Waals surface area contributed by atoms with Crippen LogP contribution in [0.25, 0.3) is 0 Å². The van der Waals surface area contributed by atoms with Crippen LogP contribution in [0, 0.1) is 17.3 Å². The summed E-state index contributed by atoms with van der Waals surface area (Å²) in [5, 5.41) is -0.129. The Morgan fingerprint density at radius 2 is 1.89 bits per heavy atom. The number of halogens is 1. The molecule has 2 aliphatic carbocycles.